The highest BCUT2D eigenvalue weighted by Gasteiger charge is 2.29. The summed E-state index contributed by atoms with van der Waals surface area (Å²) in [7, 11) is 0. The molecule has 0 saturated heterocycles. The van der Waals surface area contributed by atoms with Gasteiger partial charge in [0, 0.05) is 18.8 Å². The topological polar surface area (TPSA) is 73.4 Å². The first-order valence-corrected chi connectivity index (χ1v) is 3.86. The highest BCUT2D eigenvalue weighted by atomic mass is 16.1. The second kappa shape index (κ2) is 4.18. The number of H-pyrrole nitrogens is 1. The van der Waals surface area contributed by atoms with E-state index in [4.69, 9.17) is 0 Å². The van der Waals surface area contributed by atoms with Crippen LogP contribution in [0.2, 0.25) is 0 Å². The minimum Gasteiger partial charge on any atom is -0.348 e. The molecular formula is C9H18N3O+. The monoisotopic (exact) mass is 184 g/mol. The summed E-state index contributed by atoms with van der Waals surface area (Å²) in [4.78, 5) is 17.9. The minimum atomic E-state index is -0.535. The van der Waals surface area contributed by atoms with Crippen molar-refractivity contribution in [3.05, 3.63) is 18.2 Å². The number of hydrogen-bond acceptors (Lipinski definition) is 2. The summed E-state index contributed by atoms with van der Waals surface area (Å²) in [6.07, 6.45) is 3.93. The first-order chi connectivity index (χ1) is 5.52. The lowest BCUT2D eigenvalue weighted by Crippen LogP contribution is -2.75. The van der Waals surface area contributed by atoms with Crippen LogP contribution in [0.3, 0.4) is 0 Å². The van der Waals surface area contributed by atoms with Crippen molar-refractivity contribution in [2.45, 2.75) is 33.2 Å². The van der Waals surface area contributed by atoms with E-state index < -0.39 is 5.54 Å². The smallest absolute Gasteiger partial charge is 0.189 e. The summed E-state index contributed by atoms with van der Waals surface area (Å²) in [6, 6.07) is 0. The van der Waals surface area contributed by atoms with Crippen LogP contribution in [0.4, 0.5) is 0 Å². The van der Waals surface area contributed by atoms with E-state index in [-0.39, 0.29) is 13.2 Å². The largest absolute Gasteiger partial charge is 0.348 e. The second-order valence-corrected chi connectivity index (χ2v) is 3.37. The molecule has 0 radical (unpaired) electrons. The maximum Gasteiger partial charge on any atom is 0.189 e. The number of Topliss-reactive ketones (excluding diaryl/α,β-unsaturated/α-hetero) is 1. The molecule has 0 fully saturated rings. The summed E-state index contributed by atoms with van der Waals surface area (Å²) in [5.41, 5.74) is 4.26. The fraction of sp³-hybridized carbons (Fsp3) is 0.556. The molecule has 1 aromatic heterocycles. The number of aromatic amines is 1. The number of carbonyl (C=O) groups is 1. The Morgan fingerprint density at radius 1 is 1.77 bits per heavy atom. The standard InChI is InChI=1S/C8H13N3O.CH4/c1-6(12)8(2,9)3-7-4-10-5-11-7;/h4-5H,3,9H2,1-2H3,(H,10,11);1H4/p+1. The van der Waals surface area contributed by atoms with Gasteiger partial charge in [-0.3, -0.25) is 4.79 Å². The molecule has 0 aliphatic heterocycles. The quantitative estimate of drug-likeness (QED) is 0.703. The van der Waals surface area contributed by atoms with Crippen molar-refractivity contribution in [3.63, 3.8) is 0 Å². The van der Waals surface area contributed by atoms with Gasteiger partial charge in [0.05, 0.1) is 12.7 Å². The van der Waals surface area contributed by atoms with E-state index >= 15 is 0 Å². The summed E-state index contributed by atoms with van der Waals surface area (Å²) >= 11 is 0. The molecule has 0 aliphatic carbocycles. The fourth-order valence-corrected chi connectivity index (χ4v) is 0.926. The fourth-order valence-electron chi connectivity index (χ4n) is 0.926. The van der Waals surface area contributed by atoms with Crippen molar-refractivity contribution >= 4 is 5.78 Å². The van der Waals surface area contributed by atoms with Gasteiger partial charge in [-0.25, -0.2) is 4.98 Å². The first kappa shape index (κ1) is 11.8. The maximum atomic E-state index is 11.1. The average molecular weight is 184 g/mol. The first-order valence-electron chi connectivity index (χ1n) is 3.86. The Labute approximate surface area is 78.6 Å². The average Bonchev–Trinajstić information content (AvgIpc) is 2.38. The lowest BCUT2D eigenvalue weighted by Gasteiger charge is -2.15. The lowest BCUT2D eigenvalue weighted by atomic mass is 9.93. The number of carbonyl (C=O) groups excluding carboxylic acids is 1. The minimum absolute atomic E-state index is 0. The highest BCUT2D eigenvalue weighted by molar-refractivity contribution is 5.83. The van der Waals surface area contributed by atoms with Crippen LogP contribution in [0.1, 0.15) is 27.0 Å². The van der Waals surface area contributed by atoms with E-state index in [1.54, 1.807) is 19.4 Å². The van der Waals surface area contributed by atoms with Crippen molar-refractivity contribution in [1.82, 2.24) is 9.97 Å². The predicted molar refractivity (Wildman–Crippen MR) is 51.0 cm³/mol. The van der Waals surface area contributed by atoms with Crippen LogP contribution in [-0.4, -0.2) is 21.3 Å². The third-order valence-corrected chi connectivity index (χ3v) is 1.99. The van der Waals surface area contributed by atoms with Gasteiger partial charge in [-0.2, -0.15) is 0 Å². The van der Waals surface area contributed by atoms with Gasteiger partial charge in [0.1, 0.15) is 0 Å². The van der Waals surface area contributed by atoms with E-state index in [0.717, 1.165) is 5.69 Å². The van der Waals surface area contributed by atoms with Crippen LogP contribution in [0.5, 0.6) is 0 Å². The van der Waals surface area contributed by atoms with Gasteiger partial charge in [0.25, 0.3) is 0 Å². The molecule has 4 heteroatoms. The molecule has 1 rings (SSSR count). The summed E-state index contributed by atoms with van der Waals surface area (Å²) in [5.74, 6) is 0.0945. The van der Waals surface area contributed by atoms with Crippen LogP contribution < -0.4 is 5.73 Å². The molecule has 13 heavy (non-hydrogen) atoms. The number of quaternary nitrogens is 1. The van der Waals surface area contributed by atoms with E-state index in [1.165, 1.54) is 0 Å². The summed E-state index contributed by atoms with van der Waals surface area (Å²) in [6.45, 7) is 3.39. The van der Waals surface area contributed by atoms with Crippen LogP contribution >= 0.6 is 0 Å². The van der Waals surface area contributed by atoms with E-state index in [2.05, 4.69) is 15.7 Å². The van der Waals surface area contributed by atoms with Gasteiger partial charge in [-0.1, -0.05) is 7.43 Å². The Balaban J connectivity index is 0.00000144. The zero-order valence-electron chi connectivity index (χ0n) is 7.42. The SMILES string of the molecule is C.CC(=O)C(C)([NH3+])Cc1cnc[nH]1. The molecule has 1 heterocycles. The number of ketones is 1. The van der Waals surface area contributed by atoms with Gasteiger partial charge < -0.3 is 10.7 Å². The Morgan fingerprint density at radius 3 is 2.77 bits per heavy atom. The third-order valence-electron chi connectivity index (χ3n) is 1.99. The molecule has 1 atom stereocenters. The number of rotatable bonds is 3. The number of hydrogen-bond donors (Lipinski definition) is 2. The zero-order valence-corrected chi connectivity index (χ0v) is 7.42. The molecule has 0 aromatic carbocycles. The Bertz CT molecular complexity index is 264. The van der Waals surface area contributed by atoms with E-state index in [1.807, 2.05) is 6.92 Å². The van der Waals surface area contributed by atoms with Crippen molar-refractivity contribution in [2.24, 2.45) is 0 Å². The van der Waals surface area contributed by atoms with Crippen molar-refractivity contribution < 1.29 is 10.5 Å². The maximum absolute atomic E-state index is 11.1. The van der Waals surface area contributed by atoms with Crippen LogP contribution in [0.25, 0.3) is 0 Å². The summed E-state index contributed by atoms with van der Waals surface area (Å²) < 4.78 is 0. The van der Waals surface area contributed by atoms with Crippen molar-refractivity contribution in [3.8, 4) is 0 Å². The van der Waals surface area contributed by atoms with Gasteiger partial charge in [-0.05, 0) is 6.92 Å². The van der Waals surface area contributed by atoms with Crippen LogP contribution in [0, 0.1) is 0 Å². The highest BCUT2D eigenvalue weighted by Crippen LogP contribution is 2.06. The van der Waals surface area contributed by atoms with Gasteiger partial charge in [0.2, 0.25) is 0 Å². The number of aromatic nitrogens is 2. The van der Waals surface area contributed by atoms with Crippen LogP contribution in [-0.2, 0) is 11.2 Å². The number of nitrogens with zero attached hydrogens (tertiary/aromatic N) is 1. The molecule has 0 saturated carbocycles. The van der Waals surface area contributed by atoms with E-state index in [9.17, 15) is 4.79 Å². The molecule has 74 valence electrons. The molecule has 4 N–H and O–H groups in total. The molecule has 1 unspecified atom stereocenters. The third kappa shape index (κ3) is 2.99. The summed E-state index contributed by atoms with van der Waals surface area (Å²) in [5, 5.41) is 0. The van der Waals surface area contributed by atoms with Gasteiger partial charge in [-0.15, -0.1) is 0 Å². The molecule has 1 aromatic rings. The molecule has 0 amide bonds. The van der Waals surface area contributed by atoms with Crippen molar-refractivity contribution in [1.29, 1.82) is 0 Å². The van der Waals surface area contributed by atoms with Gasteiger partial charge in [0.15, 0.2) is 11.3 Å². The number of imidazole rings is 1. The molecule has 0 spiro atoms. The van der Waals surface area contributed by atoms with Crippen molar-refractivity contribution in [2.75, 3.05) is 0 Å². The molecule has 4 nitrogen and oxygen atoms in total. The van der Waals surface area contributed by atoms with Crippen LogP contribution in [0.15, 0.2) is 12.5 Å². The normalized spacial score (nSPS) is 14.4. The number of nitrogens with one attached hydrogen (secondary N) is 1. The Morgan fingerprint density at radius 2 is 2.38 bits per heavy atom. The Kier molecular flexibility index (Phi) is 3.81. The molecule has 0 aliphatic rings. The molecular weight excluding hydrogens is 166 g/mol. The zero-order chi connectivity index (χ0) is 9.19. The predicted octanol–water partition coefficient (Wildman–Crippen LogP) is 0.178. The second-order valence-electron chi connectivity index (χ2n) is 3.37. The lowest BCUT2D eigenvalue weighted by molar-refractivity contribution is -0.451. The Hall–Kier alpha value is -1.16. The van der Waals surface area contributed by atoms with E-state index in [0.29, 0.717) is 6.42 Å². The van der Waals surface area contributed by atoms with Gasteiger partial charge >= 0.3 is 0 Å². The molecule has 0 bridgehead atoms.